The van der Waals surface area contributed by atoms with E-state index in [4.69, 9.17) is 10.9 Å². The third-order valence-electron chi connectivity index (χ3n) is 2.96. The maximum atomic E-state index is 11.9. The molecule has 5 nitrogen and oxygen atoms in total. The first kappa shape index (κ1) is 14.2. The largest absolute Gasteiger partial charge is 0.409 e. The van der Waals surface area contributed by atoms with Crippen molar-refractivity contribution in [3.8, 4) is 0 Å². The summed E-state index contributed by atoms with van der Waals surface area (Å²) in [6, 6.07) is 0. The smallest absolute Gasteiger partial charge is 0.230 e. The minimum absolute atomic E-state index is 0.00477. The van der Waals surface area contributed by atoms with E-state index >= 15 is 0 Å². The average molecular weight is 259 g/mol. The SMILES string of the molecule is CCCC(C(=O)NCC1CCSC1)C(N)=NO. The van der Waals surface area contributed by atoms with Crippen molar-refractivity contribution >= 4 is 23.5 Å². The lowest BCUT2D eigenvalue weighted by molar-refractivity contribution is -0.123. The fourth-order valence-corrected chi connectivity index (χ4v) is 3.17. The Morgan fingerprint density at radius 3 is 3.00 bits per heavy atom. The van der Waals surface area contributed by atoms with E-state index in [2.05, 4.69) is 10.5 Å². The van der Waals surface area contributed by atoms with Crippen molar-refractivity contribution in [3.63, 3.8) is 0 Å². The van der Waals surface area contributed by atoms with Crippen LogP contribution in [0.3, 0.4) is 0 Å². The zero-order valence-electron chi connectivity index (χ0n) is 10.2. The first-order chi connectivity index (χ1) is 8.19. The number of nitrogens with one attached hydrogen (secondary N) is 1. The fraction of sp³-hybridized carbons (Fsp3) is 0.818. The highest BCUT2D eigenvalue weighted by molar-refractivity contribution is 7.99. The van der Waals surface area contributed by atoms with E-state index in [1.54, 1.807) is 0 Å². The normalized spacial score (nSPS) is 22.4. The van der Waals surface area contributed by atoms with Crippen LogP contribution in [-0.2, 0) is 4.79 Å². The Hall–Kier alpha value is -0.910. The number of hydrogen-bond acceptors (Lipinski definition) is 4. The van der Waals surface area contributed by atoms with Crippen molar-refractivity contribution in [1.82, 2.24) is 5.32 Å². The van der Waals surface area contributed by atoms with Gasteiger partial charge in [0, 0.05) is 6.54 Å². The van der Waals surface area contributed by atoms with Crippen LogP contribution in [0.5, 0.6) is 0 Å². The molecule has 4 N–H and O–H groups in total. The van der Waals surface area contributed by atoms with E-state index < -0.39 is 5.92 Å². The molecule has 0 aliphatic carbocycles. The molecule has 17 heavy (non-hydrogen) atoms. The summed E-state index contributed by atoms with van der Waals surface area (Å²) in [7, 11) is 0. The van der Waals surface area contributed by atoms with Crippen LogP contribution in [0, 0.1) is 11.8 Å². The third kappa shape index (κ3) is 4.46. The minimum atomic E-state index is -0.501. The maximum absolute atomic E-state index is 11.9. The van der Waals surface area contributed by atoms with Gasteiger partial charge < -0.3 is 16.3 Å². The van der Waals surface area contributed by atoms with Crippen LogP contribution in [0.2, 0.25) is 0 Å². The Labute approximate surface area is 106 Å². The van der Waals surface area contributed by atoms with Gasteiger partial charge in [0.2, 0.25) is 5.91 Å². The molecule has 0 aromatic rings. The summed E-state index contributed by atoms with van der Waals surface area (Å²) in [6.45, 7) is 2.67. The lowest BCUT2D eigenvalue weighted by Crippen LogP contribution is -2.40. The first-order valence-corrected chi connectivity index (χ1v) is 7.17. The van der Waals surface area contributed by atoms with Gasteiger partial charge in [0.05, 0.1) is 5.92 Å². The van der Waals surface area contributed by atoms with Crippen LogP contribution >= 0.6 is 11.8 Å². The quantitative estimate of drug-likeness (QED) is 0.287. The summed E-state index contributed by atoms with van der Waals surface area (Å²) in [5.74, 6) is 2.24. The molecule has 0 radical (unpaired) electrons. The van der Waals surface area contributed by atoms with Gasteiger partial charge in [0.25, 0.3) is 0 Å². The minimum Gasteiger partial charge on any atom is -0.409 e. The first-order valence-electron chi connectivity index (χ1n) is 6.01. The molecule has 0 bridgehead atoms. The summed E-state index contributed by atoms with van der Waals surface area (Å²) in [5.41, 5.74) is 5.52. The Bertz CT molecular complexity index is 278. The highest BCUT2D eigenvalue weighted by Crippen LogP contribution is 2.22. The van der Waals surface area contributed by atoms with Crippen molar-refractivity contribution in [2.45, 2.75) is 26.2 Å². The molecule has 2 unspecified atom stereocenters. The third-order valence-corrected chi connectivity index (χ3v) is 4.19. The summed E-state index contributed by atoms with van der Waals surface area (Å²) < 4.78 is 0. The van der Waals surface area contributed by atoms with Gasteiger partial charge in [-0.3, -0.25) is 4.79 Å². The highest BCUT2D eigenvalue weighted by atomic mass is 32.2. The van der Waals surface area contributed by atoms with Crippen molar-refractivity contribution in [3.05, 3.63) is 0 Å². The molecule has 1 fully saturated rings. The molecular weight excluding hydrogens is 238 g/mol. The molecule has 1 aliphatic rings. The van der Waals surface area contributed by atoms with Crippen LogP contribution < -0.4 is 11.1 Å². The van der Waals surface area contributed by atoms with E-state index in [0.29, 0.717) is 18.9 Å². The number of amides is 1. The van der Waals surface area contributed by atoms with Gasteiger partial charge in [-0.05, 0) is 30.3 Å². The number of nitrogens with zero attached hydrogens (tertiary/aromatic N) is 1. The van der Waals surface area contributed by atoms with Gasteiger partial charge in [0.1, 0.15) is 0 Å². The predicted octanol–water partition coefficient (Wildman–Crippen LogP) is 1.02. The molecule has 6 heteroatoms. The zero-order chi connectivity index (χ0) is 12.7. The standard InChI is InChI=1S/C11H21N3O2S/c1-2-3-9(10(12)14-16)11(15)13-6-8-4-5-17-7-8/h8-9,16H,2-7H2,1H3,(H2,12,14)(H,13,15). The van der Waals surface area contributed by atoms with Crippen LogP contribution in [0.15, 0.2) is 5.16 Å². The Balaban J connectivity index is 2.41. The predicted molar refractivity (Wildman–Crippen MR) is 70.2 cm³/mol. The van der Waals surface area contributed by atoms with Crippen molar-refractivity contribution < 1.29 is 10.0 Å². The van der Waals surface area contributed by atoms with Gasteiger partial charge in [0.15, 0.2) is 5.84 Å². The number of carbonyl (C=O) groups is 1. The van der Waals surface area contributed by atoms with Gasteiger partial charge in [-0.25, -0.2) is 0 Å². The molecule has 98 valence electrons. The van der Waals surface area contributed by atoms with E-state index in [1.165, 1.54) is 5.75 Å². The molecule has 2 atom stereocenters. The average Bonchev–Trinajstić information content (AvgIpc) is 2.85. The number of thioether (sulfide) groups is 1. The number of hydrogen-bond donors (Lipinski definition) is 3. The van der Waals surface area contributed by atoms with Crippen LogP contribution in [0.25, 0.3) is 0 Å². The van der Waals surface area contributed by atoms with Crippen molar-refractivity contribution in [2.75, 3.05) is 18.1 Å². The monoisotopic (exact) mass is 259 g/mol. The second kappa shape index (κ2) is 7.42. The van der Waals surface area contributed by atoms with E-state index in [9.17, 15) is 4.79 Å². The summed E-state index contributed by atoms with van der Waals surface area (Å²) in [6.07, 6.45) is 2.60. The summed E-state index contributed by atoms with van der Waals surface area (Å²) >= 11 is 1.92. The second-order valence-corrected chi connectivity index (χ2v) is 5.49. The molecule has 0 spiro atoms. The molecule has 1 amide bonds. The van der Waals surface area contributed by atoms with Crippen LogP contribution in [-0.4, -0.2) is 35.0 Å². The van der Waals surface area contributed by atoms with Crippen LogP contribution in [0.1, 0.15) is 26.2 Å². The van der Waals surface area contributed by atoms with Gasteiger partial charge in [-0.15, -0.1) is 0 Å². The van der Waals surface area contributed by atoms with Gasteiger partial charge in [-0.1, -0.05) is 18.5 Å². The second-order valence-electron chi connectivity index (χ2n) is 4.34. The topological polar surface area (TPSA) is 87.7 Å². The van der Waals surface area contributed by atoms with Crippen LogP contribution in [0.4, 0.5) is 0 Å². The molecule has 0 aromatic heterocycles. The lowest BCUT2D eigenvalue weighted by Gasteiger charge is -2.16. The molecule has 0 saturated carbocycles. The number of rotatable bonds is 6. The Morgan fingerprint density at radius 2 is 2.47 bits per heavy atom. The van der Waals surface area contributed by atoms with Gasteiger partial charge in [-0.2, -0.15) is 11.8 Å². The zero-order valence-corrected chi connectivity index (χ0v) is 11.0. The van der Waals surface area contributed by atoms with E-state index in [0.717, 1.165) is 18.6 Å². The van der Waals surface area contributed by atoms with Crippen molar-refractivity contribution in [2.24, 2.45) is 22.7 Å². The molecule has 1 aliphatic heterocycles. The van der Waals surface area contributed by atoms with Crippen molar-refractivity contribution in [1.29, 1.82) is 0 Å². The lowest BCUT2D eigenvalue weighted by atomic mass is 10.0. The molecule has 0 aromatic carbocycles. The maximum Gasteiger partial charge on any atom is 0.230 e. The van der Waals surface area contributed by atoms with Gasteiger partial charge >= 0.3 is 0 Å². The number of amidine groups is 1. The van der Waals surface area contributed by atoms with E-state index in [-0.39, 0.29) is 11.7 Å². The summed E-state index contributed by atoms with van der Waals surface area (Å²) in [5, 5.41) is 14.5. The molecule has 1 rings (SSSR count). The molecular formula is C11H21N3O2S. The Morgan fingerprint density at radius 1 is 1.71 bits per heavy atom. The fourth-order valence-electron chi connectivity index (χ4n) is 1.88. The summed E-state index contributed by atoms with van der Waals surface area (Å²) in [4.78, 5) is 11.9. The number of oxime groups is 1. The van der Waals surface area contributed by atoms with E-state index in [1.807, 2.05) is 18.7 Å². The number of carbonyl (C=O) groups excluding carboxylic acids is 1. The number of nitrogens with two attached hydrogens (primary N) is 1. The molecule has 1 heterocycles. The Kier molecular flexibility index (Phi) is 6.18. The molecule has 1 saturated heterocycles. The highest BCUT2D eigenvalue weighted by Gasteiger charge is 2.23.